The van der Waals surface area contributed by atoms with Crippen LogP contribution in [0.2, 0.25) is 0 Å². The summed E-state index contributed by atoms with van der Waals surface area (Å²) in [5, 5.41) is 0. The largest absolute Gasteiger partial charge is 0.496 e. The molecule has 0 aliphatic rings. The molecular weight excluding hydrogens is 404 g/mol. The number of para-hydroxylation sites is 1. The van der Waals surface area contributed by atoms with E-state index in [0.717, 1.165) is 16.7 Å². The number of ketones is 1. The molecular formula is C22H26N2O5S. The Balaban J connectivity index is 1.75. The van der Waals surface area contributed by atoms with E-state index in [1.165, 1.54) is 18.7 Å². The number of Topliss-reactive ketones (excluding diaryl/α,β-unsaturated/α-hetero) is 1. The molecule has 0 aliphatic carbocycles. The first kappa shape index (κ1) is 23.3. The van der Waals surface area contributed by atoms with Crippen molar-refractivity contribution in [3.8, 4) is 11.5 Å². The number of methoxy groups -OCH3 is 1. The van der Waals surface area contributed by atoms with Gasteiger partial charge in [-0.2, -0.15) is 0 Å². The molecule has 0 saturated heterocycles. The van der Waals surface area contributed by atoms with E-state index in [0.29, 0.717) is 22.8 Å². The lowest BCUT2D eigenvalue weighted by atomic mass is 10.1. The molecule has 0 radical (unpaired) electrons. The molecule has 2 rings (SSSR count). The highest BCUT2D eigenvalue weighted by Crippen LogP contribution is 2.25. The minimum absolute atomic E-state index is 0.0348. The summed E-state index contributed by atoms with van der Waals surface area (Å²) in [5.41, 5.74) is 8.00. The fourth-order valence-corrected chi connectivity index (χ4v) is 3.55. The van der Waals surface area contributed by atoms with Crippen LogP contribution >= 0.6 is 11.8 Å². The van der Waals surface area contributed by atoms with Crippen molar-refractivity contribution in [3.05, 3.63) is 58.7 Å². The maximum Gasteiger partial charge on any atom is 0.276 e. The van der Waals surface area contributed by atoms with Crippen LogP contribution in [0.15, 0.2) is 36.4 Å². The third-order valence-corrected chi connectivity index (χ3v) is 5.26. The van der Waals surface area contributed by atoms with E-state index in [1.54, 1.807) is 25.3 Å². The number of carbonyl (C=O) groups is 3. The predicted molar refractivity (Wildman–Crippen MR) is 117 cm³/mol. The van der Waals surface area contributed by atoms with Crippen molar-refractivity contribution in [2.45, 2.75) is 26.5 Å². The summed E-state index contributed by atoms with van der Waals surface area (Å²) in [6.45, 7) is 5.10. The molecule has 0 fully saturated rings. The molecule has 2 amide bonds. The van der Waals surface area contributed by atoms with Crippen molar-refractivity contribution in [1.82, 2.24) is 10.9 Å². The number of benzene rings is 2. The fourth-order valence-electron chi connectivity index (χ4n) is 2.74. The maximum atomic E-state index is 12.0. The van der Waals surface area contributed by atoms with Crippen molar-refractivity contribution in [1.29, 1.82) is 0 Å². The Labute approximate surface area is 180 Å². The average molecular weight is 431 g/mol. The summed E-state index contributed by atoms with van der Waals surface area (Å²) in [6, 6.07) is 10.9. The van der Waals surface area contributed by atoms with Crippen molar-refractivity contribution in [2.24, 2.45) is 0 Å². The Bertz CT molecular complexity index is 909. The van der Waals surface area contributed by atoms with Gasteiger partial charge >= 0.3 is 0 Å². The van der Waals surface area contributed by atoms with Gasteiger partial charge in [0, 0.05) is 16.9 Å². The second kappa shape index (κ2) is 11.3. The minimum atomic E-state index is -0.452. The van der Waals surface area contributed by atoms with E-state index in [9.17, 15) is 14.4 Å². The molecule has 0 saturated carbocycles. The zero-order chi connectivity index (χ0) is 22.1. The lowest BCUT2D eigenvalue weighted by Gasteiger charge is -2.12. The van der Waals surface area contributed by atoms with Crippen LogP contribution in [0.4, 0.5) is 0 Å². The van der Waals surface area contributed by atoms with Crippen LogP contribution in [0, 0.1) is 13.8 Å². The van der Waals surface area contributed by atoms with E-state index in [-0.39, 0.29) is 24.1 Å². The lowest BCUT2D eigenvalue weighted by Crippen LogP contribution is -2.44. The first-order valence-corrected chi connectivity index (χ1v) is 10.5. The summed E-state index contributed by atoms with van der Waals surface area (Å²) in [7, 11) is 1.56. The van der Waals surface area contributed by atoms with Crippen LogP contribution < -0.4 is 20.3 Å². The molecule has 7 nitrogen and oxygen atoms in total. The van der Waals surface area contributed by atoms with Gasteiger partial charge < -0.3 is 9.47 Å². The van der Waals surface area contributed by atoms with Gasteiger partial charge in [-0.3, -0.25) is 25.2 Å². The predicted octanol–water partition coefficient (Wildman–Crippen LogP) is 2.97. The highest BCUT2D eigenvalue weighted by atomic mass is 32.2. The number of hydrogen-bond donors (Lipinski definition) is 2. The Morgan fingerprint density at radius 3 is 2.30 bits per heavy atom. The molecule has 0 heterocycles. The van der Waals surface area contributed by atoms with Gasteiger partial charge in [0.05, 0.1) is 12.9 Å². The number of aryl methyl sites for hydroxylation is 2. The number of nitrogens with one attached hydrogen (secondary N) is 2. The molecule has 0 aliphatic heterocycles. The SMILES string of the molecule is COc1ccc(C(C)=O)cc1CSCC(=O)NNC(=O)COc1c(C)cccc1C. The van der Waals surface area contributed by atoms with E-state index in [4.69, 9.17) is 9.47 Å². The van der Waals surface area contributed by atoms with Crippen LogP contribution in [0.25, 0.3) is 0 Å². The zero-order valence-corrected chi connectivity index (χ0v) is 18.4. The summed E-state index contributed by atoms with van der Waals surface area (Å²) in [5.74, 6) is 1.11. The van der Waals surface area contributed by atoms with E-state index in [1.807, 2.05) is 32.0 Å². The first-order valence-electron chi connectivity index (χ1n) is 9.34. The lowest BCUT2D eigenvalue weighted by molar-refractivity contribution is -0.128. The normalized spacial score (nSPS) is 10.3. The summed E-state index contributed by atoms with van der Waals surface area (Å²) >= 11 is 1.34. The standard InChI is InChI=1S/C22H26N2O5S/c1-14-6-5-7-15(2)22(14)29-11-20(26)23-24-21(27)13-30-12-18-10-17(16(3)25)8-9-19(18)28-4/h5-10H,11-13H2,1-4H3,(H,23,26)(H,24,27). The molecule has 8 heteroatoms. The molecule has 0 atom stereocenters. The fraction of sp³-hybridized carbons (Fsp3) is 0.318. The molecule has 30 heavy (non-hydrogen) atoms. The van der Waals surface area contributed by atoms with Crippen LogP contribution in [0.3, 0.4) is 0 Å². The molecule has 2 N–H and O–H groups in total. The van der Waals surface area contributed by atoms with Gasteiger partial charge in [-0.15, -0.1) is 11.8 Å². The van der Waals surface area contributed by atoms with Crippen molar-refractivity contribution in [2.75, 3.05) is 19.5 Å². The second-order valence-corrected chi connectivity index (χ2v) is 7.67. The van der Waals surface area contributed by atoms with Gasteiger partial charge in [0.2, 0.25) is 5.91 Å². The van der Waals surface area contributed by atoms with Crippen LogP contribution in [-0.4, -0.2) is 37.1 Å². The van der Waals surface area contributed by atoms with E-state index < -0.39 is 5.91 Å². The van der Waals surface area contributed by atoms with Gasteiger partial charge in [0.15, 0.2) is 12.4 Å². The van der Waals surface area contributed by atoms with Crippen LogP contribution in [0.5, 0.6) is 11.5 Å². The first-order chi connectivity index (χ1) is 14.3. The molecule has 2 aromatic carbocycles. The molecule has 160 valence electrons. The third kappa shape index (κ3) is 6.81. The second-order valence-electron chi connectivity index (χ2n) is 6.68. The molecule has 0 unspecified atom stereocenters. The van der Waals surface area contributed by atoms with Gasteiger partial charge in [-0.1, -0.05) is 18.2 Å². The topological polar surface area (TPSA) is 93.7 Å². The van der Waals surface area contributed by atoms with E-state index >= 15 is 0 Å². The van der Waals surface area contributed by atoms with Gasteiger partial charge in [-0.05, 0) is 50.1 Å². The number of thioether (sulfide) groups is 1. The van der Waals surface area contributed by atoms with Crippen molar-refractivity contribution in [3.63, 3.8) is 0 Å². The Kier molecular flexibility index (Phi) is 8.73. The van der Waals surface area contributed by atoms with Gasteiger partial charge in [0.1, 0.15) is 11.5 Å². The Morgan fingerprint density at radius 1 is 1.00 bits per heavy atom. The van der Waals surface area contributed by atoms with Crippen molar-refractivity contribution < 1.29 is 23.9 Å². The smallest absolute Gasteiger partial charge is 0.276 e. The summed E-state index contributed by atoms with van der Waals surface area (Å²) < 4.78 is 10.8. The number of hydrazine groups is 1. The zero-order valence-electron chi connectivity index (χ0n) is 17.5. The van der Waals surface area contributed by atoms with Crippen LogP contribution in [-0.2, 0) is 15.3 Å². The average Bonchev–Trinajstić information content (AvgIpc) is 2.71. The van der Waals surface area contributed by atoms with Gasteiger partial charge in [-0.25, -0.2) is 0 Å². The van der Waals surface area contributed by atoms with Gasteiger partial charge in [0.25, 0.3) is 5.91 Å². The maximum absolute atomic E-state index is 12.0. The number of amides is 2. The highest BCUT2D eigenvalue weighted by molar-refractivity contribution is 7.99. The molecule has 0 aromatic heterocycles. The molecule has 2 aromatic rings. The number of ether oxygens (including phenoxy) is 2. The van der Waals surface area contributed by atoms with E-state index in [2.05, 4.69) is 10.9 Å². The van der Waals surface area contributed by atoms with Crippen LogP contribution in [0.1, 0.15) is 34.0 Å². The summed E-state index contributed by atoms with van der Waals surface area (Å²) in [4.78, 5) is 35.4. The number of hydrogen-bond acceptors (Lipinski definition) is 6. The quantitative estimate of drug-likeness (QED) is 0.469. The highest BCUT2D eigenvalue weighted by Gasteiger charge is 2.11. The Hall–Kier alpha value is -3.00. The Morgan fingerprint density at radius 2 is 1.67 bits per heavy atom. The molecule has 0 spiro atoms. The number of rotatable bonds is 9. The molecule has 0 bridgehead atoms. The monoisotopic (exact) mass is 430 g/mol. The minimum Gasteiger partial charge on any atom is -0.496 e. The third-order valence-electron chi connectivity index (χ3n) is 4.28. The number of carbonyl (C=O) groups excluding carboxylic acids is 3. The van der Waals surface area contributed by atoms with Crippen molar-refractivity contribution >= 4 is 29.4 Å². The summed E-state index contributed by atoms with van der Waals surface area (Å²) in [6.07, 6.45) is 0.